The van der Waals surface area contributed by atoms with Gasteiger partial charge < -0.3 is 9.47 Å². The van der Waals surface area contributed by atoms with Gasteiger partial charge >= 0.3 is 5.97 Å². The van der Waals surface area contributed by atoms with Gasteiger partial charge in [0.1, 0.15) is 12.4 Å². The Balaban J connectivity index is 1.63. The number of tetrazole rings is 1. The molecule has 0 atom stereocenters. The molecule has 1 heterocycles. The highest BCUT2D eigenvalue weighted by Gasteiger charge is 2.15. The molecule has 0 aliphatic heterocycles. The average molecular weight is 419 g/mol. The molecular formula is C19H19ClN4O3S. The third-order valence-electron chi connectivity index (χ3n) is 3.98. The third-order valence-corrected chi connectivity index (χ3v) is 5.11. The Kier molecular flexibility index (Phi) is 6.53. The van der Waals surface area contributed by atoms with E-state index in [1.54, 1.807) is 30.0 Å². The highest BCUT2D eigenvalue weighted by atomic mass is 35.5. The highest BCUT2D eigenvalue weighted by molar-refractivity contribution is 7.99. The van der Waals surface area contributed by atoms with Crippen LogP contribution in [0.1, 0.15) is 16.7 Å². The number of ether oxygens (including phenoxy) is 2. The summed E-state index contributed by atoms with van der Waals surface area (Å²) in [5.41, 5.74) is 3.72. The lowest BCUT2D eigenvalue weighted by Gasteiger charge is -2.10. The van der Waals surface area contributed by atoms with Gasteiger partial charge in [-0.2, -0.15) is 4.68 Å². The Bertz CT molecular complexity index is 993. The van der Waals surface area contributed by atoms with Gasteiger partial charge in [0.05, 0.1) is 18.6 Å². The zero-order valence-corrected chi connectivity index (χ0v) is 17.3. The van der Waals surface area contributed by atoms with E-state index in [-0.39, 0.29) is 18.3 Å². The first-order chi connectivity index (χ1) is 13.5. The van der Waals surface area contributed by atoms with Crippen LogP contribution in [0.5, 0.6) is 5.75 Å². The average Bonchev–Trinajstić information content (AvgIpc) is 3.15. The predicted octanol–water partition coefficient (Wildman–Crippen LogP) is 3.78. The van der Waals surface area contributed by atoms with Crippen LogP contribution in [-0.2, 0) is 16.1 Å². The molecular weight excluding hydrogens is 400 g/mol. The lowest BCUT2D eigenvalue weighted by molar-refractivity contribution is -0.141. The van der Waals surface area contributed by atoms with Gasteiger partial charge in [-0.25, -0.2) is 0 Å². The van der Waals surface area contributed by atoms with Crippen LogP contribution < -0.4 is 4.74 Å². The van der Waals surface area contributed by atoms with Crippen LogP contribution in [0.2, 0.25) is 5.02 Å². The maximum absolute atomic E-state index is 12.2. The van der Waals surface area contributed by atoms with Gasteiger partial charge in [0, 0.05) is 10.6 Å². The quantitative estimate of drug-likeness (QED) is 0.426. The van der Waals surface area contributed by atoms with Crippen LogP contribution in [-0.4, -0.2) is 39.0 Å². The summed E-state index contributed by atoms with van der Waals surface area (Å²) in [7, 11) is 1.55. The molecule has 146 valence electrons. The van der Waals surface area contributed by atoms with Crippen molar-refractivity contribution in [2.24, 2.45) is 0 Å². The van der Waals surface area contributed by atoms with Crippen LogP contribution in [0.25, 0.3) is 5.69 Å². The van der Waals surface area contributed by atoms with Crippen molar-refractivity contribution in [3.8, 4) is 11.4 Å². The number of methoxy groups -OCH3 is 1. The van der Waals surface area contributed by atoms with Crippen LogP contribution in [0.3, 0.4) is 0 Å². The summed E-state index contributed by atoms with van der Waals surface area (Å²) >= 11 is 7.21. The molecule has 0 bridgehead atoms. The number of esters is 1. The van der Waals surface area contributed by atoms with E-state index >= 15 is 0 Å². The molecule has 3 aromatic rings. The Morgan fingerprint density at radius 3 is 2.82 bits per heavy atom. The molecule has 0 aliphatic rings. The number of carbonyl (C=O) groups excluding carboxylic acids is 1. The minimum atomic E-state index is -0.387. The topological polar surface area (TPSA) is 79.1 Å². The Hall–Kier alpha value is -2.58. The first-order valence-electron chi connectivity index (χ1n) is 8.45. The van der Waals surface area contributed by atoms with Crippen molar-refractivity contribution in [3.05, 3.63) is 58.1 Å². The van der Waals surface area contributed by atoms with E-state index < -0.39 is 0 Å². The van der Waals surface area contributed by atoms with Gasteiger partial charge in [-0.3, -0.25) is 4.79 Å². The number of thioether (sulfide) groups is 1. The van der Waals surface area contributed by atoms with Crippen LogP contribution in [0.4, 0.5) is 0 Å². The summed E-state index contributed by atoms with van der Waals surface area (Å²) in [5.74, 6) is 0.306. The van der Waals surface area contributed by atoms with E-state index in [1.807, 2.05) is 32.0 Å². The van der Waals surface area contributed by atoms with E-state index in [0.29, 0.717) is 21.5 Å². The van der Waals surface area contributed by atoms with Crippen molar-refractivity contribution >= 4 is 29.3 Å². The molecule has 7 nitrogen and oxygen atoms in total. The van der Waals surface area contributed by atoms with Crippen molar-refractivity contribution in [1.29, 1.82) is 0 Å². The number of halogens is 1. The minimum absolute atomic E-state index is 0.0745. The summed E-state index contributed by atoms with van der Waals surface area (Å²) in [6.07, 6.45) is 0. The fourth-order valence-electron chi connectivity index (χ4n) is 2.55. The molecule has 0 N–H and O–H groups in total. The van der Waals surface area contributed by atoms with E-state index in [9.17, 15) is 4.79 Å². The molecule has 0 amide bonds. The standard InChI is InChI=1S/C19H19ClN4O3S/c1-12-4-5-13(2)16(8-12)24-19(21-22-23-24)28-11-18(25)27-10-14-9-15(20)6-7-17(14)26-3/h4-9H,10-11H2,1-3H3. The molecule has 0 aliphatic carbocycles. The summed E-state index contributed by atoms with van der Waals surface area (Å²) in [5, 5.41) is 12.9. The third kappa shape index (κ3) is 4.82. The largest absolute Gasteiger partial charge is 0.496 e. The number of hydrogen-bond donors (Lipinski definition) is 0. The molecule has 0 saturated carbocycles. The summed E-state index contributed by atoms with van der Waals surface area (Å²) < 4.78 is 12.2. The smallest absolute Gasteiger partial charge is 0.316 e. The fraction of sp³-hybridized carbons (Fsp3) is 0.263. The maximum Gasteiger partial charge on any atom is 0.316 e. The number of benzene rings is 2. The molecule has 9 heteroatoms. The summed E-state index contributed by atoms with van der Waals surface area (Å²) in [6, 6.07) is 11.2. The Morgan fingerprint density at radius 2 is 2.04 bits per heavy atom. The summed E-state index contributed by atoms with van der Waals surface area (Å²) in [6.45, 7) is 4.06. The zero-order valence-electron chi connectivity index (χ0n) is 15.7. The van der Waals surface area contributed by atoms with Crippen molar-refractivity contribution < 1.29 is 14.3 Å². The van der Waals surface area contributed by atoms with Crippen molar-refractivity contribution in [2.75, 3.05) is 12.9 Å². The van der Waals surface area contributed by atoms with Gasteiger partial charge in [-0.1, -0.05) is 35.5 Å². The van der Waals surface area contributed by atoms with Gasteiger partial charge in [-0.05, 0) is 59.7 Å². The normalized spacial score (nSPS) is 10.7. The fourth-order valence-corrected chi connectivity index (χ4v) is 3.43. The second-order valence-electron chi connectivity index (χ2n) is 6.07. The second-order valence-corrected chi connectivity index (χ2v) is 7.45. The van der Waals surface area contributed by atoms with Crippen molar-refractivity contribution in [1.82, 2.24) is 20.2 Å². The SMILES string of the molecule is COc1ccc(Cl)cc1COC(=O)CSc1nnnn1-c1cc(C)ccc1C. The molecule has 0 fully saturated rings. The first-order valence-corrected chi connectivity index (χ1v) is 9.81. The van der Waals surface area contributed by atoms with E-state index in [0.717, 1.165) is 16.8 Å². The number of hydrogen-bond acceptors (Lipinski definition) is 7. The molecule has 3 rings (SSSR count). The van der Waals surface area contributed by atoms with E-state index in [1.165, 1.54) is 11.8 Å². The van der Waals surface area contributed by atoms with Gasteiger partial charge in [0.2, 0.25) is 5.16 Å². The minimum Gasteiger partial charge on any atom is -0.496 e. The molecule has 0 spiro atoms. The van der Waals surface area contributed by atoms with Gasteiger partial charge in [0.25, 0.3) is 0 Å². The predicted molar refractivity (Wildman–Crippen MR) is 107 cm³/mol. The number of rotatable bonds is 7. The van der Waals surface area contributed by atoms with Gasteiger partial charge in [-0.15, -0.1) is 5.10 Å². The highest BCUT2D eigenvalue weighted by Crippen LogP contribution is 2.24. The number of aromatic nitrogens is 4. The van der Waals surface area contributed by atoms with Crippen LogP contribution in [0, 0.1) is 13.8 Å². The monoisotopic (exact) mass is 418 g/mol. The molecule has 1 aromatic heterocycles. The van der Waals surface area contributed by atoms with E-state index in [2.05, 4.69) is 15.5 Å². The zero-order chi connectivity index (χ0) is 20.1. The van der Waals surface area contributed by atoms with Crippen molar-refractivity contribution in [3.63, 3.8) is 0 Å². The first kappa shape index (κ1) is 20.2. The molecule has 2 aromatic carbocycles. The van der Waals surface area contributed by atoms with Crippen molar-refractivity contribution in [2.45, 2.75) is 25.6 Å². The maximum atomic E-state index is 12.2. The number of aryl methyl sites for hydroxylation is 2. The number of carbonyl (C=O) groups is 1. The summed E-state index contributed by atoms with van der Waals surface area (Å²) in [4.78, 5) is 12.2. The molecule has 0 saturated heterocycles. The lowest BCUT2D eigenvalue weighted by Crippen LogP contribution is -2.09. The van der Waals surface area contributed by atoms with Crippen LogP contribution >= 0.6 is 23.4 Å². The van der Waals surface area contributed by atoms with Crippen LogP contribution in [0.15, 0.2) is 41.6 Å². The second kappa shape index (κ2) is 9.07. The number of nitrogens with zero attached hydrogens (tertiary/aromatic N) is 4. The molecule has 0 radical (unpaired) electrons. The lowest BCUT2D eigenvalue weighted by atomic mass is 10.1. The van der Waals surface area contributed by atoms with Gasteiger partial charge in [0.15, 0.2) is 0 Å². The van der Waals surface area contributed by atoms with E-state index in [4.69, 9.17) is 21.1 Å². The Labute approximate surface area is 172 Å². The molecule has 0 unspecified atom stereocenters. The Morgan fingerprint density at radius 1 is 1.21 bits per heavy atom. The molecule has 28 heavy (non-hydrogen) atoms.